The third kappa shape index (κ3) is 6.25. The predicted octanol–water partition coefficient (Wildman–Crippen LogP) is 5.03. The number of amides is 2. The van der Waals surface area contributed by atoms with Crippen LogP contribution < -0.4 is 10.2 Å². The number of ether oxygens (including phenoxy) is 2. The lowest BCUT2D eigenvalue weighted by Gasteiger charge is -2.35. The van der Waals surface area contributed by atoms with E-state index < -0.39 is 56.3 Å². The van der Waals surface area contributed by atoms with Crippen LogP contribution in [-0.2, 0) is 22.7 Å². The van der Waals surface area contributed by atoms with Crippen LogP contribution in [0.2, 0.25) is 0 Å². The van der Waals surface area contributed by atoms with Gasteiger partial charge < -0.3 is 19.3 Å². The van der Waals surface area contributed by atoms with Crippen molar-refractivity contribution in [3.63, 3.8) is 0 Å². The maximum absolute atomic E-state index is 15.4. The Morgan fingerprint density at radius 3 is 2.03 bits per heavy atom. The molecule has 4 rings (SSSR count). The maximum Gasteiger partial charge on any atom is 0.411 e. The molecule has 0 saturated carbocycles. The van der Waals surface area contributed by atoms with Crippen LogP contribution in [0.1, 0.15) is 22.1 Å². The van der Waals surface area contributed by atoms with E-state index in [9.17, 15) is 9.59 Å². The summed E-state index contributed by atoms with van der Waals surface area (Å²) in [4.78, 5) is 24.8. The number of nitrogens with one attached hydrogen (secondary N) is 1. The first kappa shape index (κ1) is 15.0. The molecule has 2 amide bonds. The summed E-state index contributed by atoms with van der Waals surface area (Å²) in [5.74, 6) is -1.31. The number of carbonyl (C=O) groups excluding carboxylic acids is 2. The second-order valence-corrected chi connectivity index (χ2v) is 7.01. The van der Waals surface area contributed by atoms with Crippen molar-refractivity contribution in [1.29, 1.82) is 0 Å². The van der Waals surface area contributed by atoms with Crippen LogP contribution in [-0.4, -0.2) is 43.1 Å². The Balaban J connectivity index is 1.59. The number of nitrogens with zero attached hydrogens (tertiary/aromatic N) is 2. The number of rotatable bonds is 6. The minimum atomic E-state index is -3.57. The van der Waals surface area contributed by atoms with Gasteiger partial charge in [-0.2, -0.15) is 0 Å². The summed E-state index contributed by atoms with van der Waals surface area (Å²) in [6.07, 6.45) is -2.60. The lowest BCUT2D eigenvalue weighted by Crippen LogP contribution is -2.49. The molecule has 0 atom stereocenters. The van der Waals surface area contributed by atoms with Crippen molar-refractivity contribution in [2.75, 3.05) is 36.2 Å². The SMILES string of the molecule is [2H]C1([2H])N(C(=O)OCc2ccccc2)C([2H])([2H])C([2H])([2H])N(c2ccc(NC(=O)OCc3ccccc3)cc2F)C1([2H])[2H]. The van der Waals surface area contributed by atoms with E-state index in [1.54, 1.807) is 60.7 Å². The standard InChI is InChI=1S/C26H26FN3O4/c27-23-17-22(28-25(31)33-18-20-7-3-1-4-8-20)11-12-24(23)29-13-15-30(16-14-29)26(32)34-19-21-9-5-2-6-10-21/h1-12,17H,13-16,18-19H2,(H,28,31)/i13D2,14D2,15D2,16D2. The molecule has 1 aliphatic heterocycles. The van der Waals surface area contributed by atoms with Gasteiger partial charge in [-0.1, -0.05) is 60.7 Å². The van der Waals surface area contributed by atoms with Crippen LogP contribution in [0, 0.1) is 5.82 Å². The topological polar surface area (TPSA) is 71.1 Å². The molecule has 7 nitrogen and oxygen atoms in total. The summed E-state index contributed by atoms with van der Waals surface area (Å²) in [5, 5.41) is 2.28. The molecule has 0 aliphatic carbocycles. The summed E-state index contributed by atoms with van der Waals surface area (Å²) in [6, 6.07) is 19.5. The Morgan fingerprint density at radius 2 is 1.44 bits per heavy atom. The first-order valence-corrected chi connectivity index (χ1v) is 10.2. The Morgan fingerprint density at radius 1 is 0.853 bits per heavy atom. The predicted molar refractivity (Wildman–Crippen MR) is 127 cm³/mol. The van der Waals surface area contributed by atoms with Gasteiger partial charge in [0.05, 0.1) is 16.7 Å². The highest BCUT2D eigenvalue weighted by atomic mass is 19.1. The van der Waals surface area contributed by atoms with Gasteiger partial charge in [-0.3, -0.25) is 5.32 Å². The third-order valence-electron chi connectivity index (χ3n) is 4.58. The number of hydrogen-bond acceptors (Lipinski definition) is 5. The highest BCUT2D eigenvalue weighted by Gasteiger charge is 2.24. The number of anilines is 2. The number of hydrogen-bond donors (Lipinski definition) is 1. The molecule has 34 heavy (non-hydrogen) atoms. The van der Waals surface area contributed by atoms with E-state index in [0.717, 1.165) is 18.2 Å². The molecule has 3 aromatic rings. The number of halogens is 1. The summed E-state index contributed by atoms with van der Waals surface area (Å²) in [5.41, 5.74) is 0.157. The van der Waals surface area contributed by atoms with Crippen molar-refractivity contribution in [3.05, 3.63) is 95.8 Å². The fourth-order valence-corrected chi connectivity index (χ4v) is 2.89. The third-order valence-corrected chi connectivity index (χ3v) is 4.58. The lowest BCUT2D eigenvalue weighted by molar-refractivity contribution is 0.0941. The fourth-order valence-electron chi connectivity index (χ4n) is 2.89. The van der Waals surface area contributed by atoms with Crippen molar-refractivity contribution in [2.24, 2.45) is 0 Å². The zero-order valence-electron chi connectivity index (χ0n) is 25.8. The summed E-state index contributed by atoms with van der Waals surface area (Å²) in [7, 11) is 0. The van der Waals surface area contributed by atoms with Crippen LogP contribution in [0.5, 0.6) is 0 Å². The Hall–Kier alpha value is -4.07. The van der Waals surface area contributed by atoms with Crippen LogP contribution in [0.3, 0.4) is 0 Å². The van der Waals surface area contributed by atoms with Crippen LogP contribution in [0.25, 0.3) is 0 Å². The average Bonchev–Trinajstić information content (AvgIpc) is 2.92. The molecule has 1 N–H and O–H groups in total. The zero-order valence-corrected chi connectivity index (χ0v) is 17.8. The van der Waals surface area contributed by atoms with Gasteiger partial charge in [0.15, 0.2) is 0 Å². The molecule has 3 aromatic carbocycles. The number of piperazine rings is 1. The van der Waals surface area contributed by atoms with Gasteiger partial charge in [0, 0.05) is 31.7 Å². The molecule has 176 valence electrons. The maximum atomic E-state index is 15.4. The van der Waals surface area contributed by atoms with E-state index in [-0.39, 0.29) is 22.1 Å². The van der Waals surface area contributed by atoms with Crippen molar-refractivity contribution in [1.82, 2.24) is 4.90 Å². The van der Waals surface area contributed by atoms with Gasteiger partial charge >= 0.3 is 12.2 Å². The normalized spacial score (nSPS) is 22.7. The monoisotopic (exact) mass is 471 g/mol. The molecule has 0 unspecified atom stereocenters. The van der Waals surface area contributed by atoms with Gasteiger partial charge in [0.2, 0.25) is 0 Å². The Labute approximate surface area is 208 Å². The zero-order chi connectivity index (χ0) is 30.9. The van der Waals surface area contributed by atoms with E-state index in [1.807, 2.05) is 0 Å². The molecule has 0 spiro atoms. The van der Waals surface area contributed by atoms with Crippen molar-refractivity contribution in [3.8, 4) is 0 Å². The summed E-state index contributed by atoms with van der Waals surface area (Å²) < 4.78 is 93.0. The molecule has 1 heterocycles. The Kier molecular flexibility index (Phi) is 4.92. The largest absolute Gasteiger partial charge is 0.445 e. The fraction of sp³-hybridized carbons (Fsp3) is 0.231. The first-order valence-electron chi connectivity index (χ1n) is 14.2. The first-order chi connectivity index (χ1) is 19.6. The summed E-state index contributed by atoms with van der Waals surface area (Å²) >= 11 is 0. The molecule has 0 radical (unpaired) electrons. The van der Waals surface area contributed by atoms with Gasteiger partial charge in [0.25, 0.3) is 0 Å². The lowest BCUT2D eigenvalue weighted by atomic mass is 10.2. The van der Waals surface area contributed by atoms with Crippen LogP contribution in [0.15, 0.2) is 78.9 Å². The van der Waals surface area contributed by atoms with Crippen molar-refractivity contribution < 1.29 is 34.4 Å². The smallest absolute Gasteiger partial charge is 0.411 e. The molecule has 1 saturated heterocycles. The molecule has 0 bridgehead atoms. The summed E-state index contributed by atoms with van der Waals surface area (Å²) in [6.45, 7) is -14.7. The van der Waals surface area contributed by atoms with Crippen LogP contribution >= 0.6 is 0 Å². The van der Waals surface area contributed by atoms with Crippen molar-refractivity contribution >= 4 is 23.6 Å². The number of carbonyl (C=O) groups is 2. The molecule has 1 fully saturated rings. The van der Waals surface area contributed by atoms with E-state index in [4.69, 9.17) is 20.4 Å². The van der Waals surface area contributed by atoms with Crippen molar-refractivity contribution in [2.45, 2.75) is 13.2 Å². The molecule has 1 aliphatic rings. The second-order valence-electron chi connectivity index (χ2n) is 7.01. The van der Waals surface area contributed by atoms with Gasteiger partial charge in [-0.05, 0) is 29.3 Å². The van der Waals surface area contributed by atoms with E-state index >= 15 is 4.39 Å². The van der Waals surface area contributed by atoms with Gasteiger partial charge in [-0.15, -0.1) is 0 Å². The quantitative estimate of drug-likeness (QED) is 0.546. The average molecular weight is 472 g/mol. The Bertz CT molecular complexity index is 1420. The van der Waals surface area contributed by atoms with Crippen LogP contribution in [0.4, 0.5) is 25.4 Å². The minimum Gasteiger partial charge on any atom is -0.445 e. The molecular formula is C26H26FN3O4. The minimum absolute atomic E-state index is 0.0339. The number of benzene rings is 3. The highest BCUT2D eigenvalue weighted by molar-refractivity contribution is 5.85. The molecule has 0 aromatic heterocycles. The molecular weight excluding hydrogens is 437 g/mol. The van der Waals surface area contributed by atoms with E-state index in [0.29, 0.717) is 11.1 Å². The van der Waals surface area contributed by atoms with E-state index in [1.165, 1.54) is 0 Å². The highest BCUT2D eigenvalue weighted by Crippen LogP contribution is 2.24. The van der Waals surface area contributed by atoms with Gasteiger partial charge in [-0.25, -0.2) is 14.0 Å². The molecule has 8 heteroatoms. The van der Waals surface area contributed by atoms with E-state index in [2.05, 4.69) is 5.32 Å². The second kappa shape index (κ2) is 11.2. The van der Waals surface area contributed by atoms with Gasteiger partial charge in [0.1, 0.15) is 19.0 Å².